The van der Waals surface area contributed by atoms with Crippen molar-refractivity contribution >= 4 is 17.4 Å². The highest BCUT2D eigenvalue weighted by molar-refractivity contribution is 7.09. The number of carbonyl (C=O) groups excluding carboxylic acids is 1. The Morgan fingerprint density at radius 2 is 2.07 bits per heavy atom. The number of urea groups is 1. The van der Waals surface area contributed by atoms with E-state index in [1.165, 1.54) is 23.5 Å². The summed E-state index contributed by atoms with van der Waals surface area (Å²) in [5.74, 6) is -0.0659. The molecule has 1 atom stereocenters. The molecule has 144 valence electrons. The molecule has 3 heterocycles. The second kappa shape index (κ2) is 6.63. The number of thiazole rings is 1. The van der Waals surface area contributed by atoms with Gasteiger partial charge in [-0.2, -0.15) is 4.99 Å². The van der Waals surface area contributed by atoms with Crippen LogP contribution in [-0.2, 0) is 0 Å². The van der Waals surface area contributed by atoms with Gasteiger partial charge in [0.2, 0.25) is 0 Å². The second-order valence-corrected chi connectivity index (χ2v) is 7.94. The first-order valence-electron chi connectivity index (χ1n) is 8.77. The number of rotatable bonds is 1. The summed E-state index contributed by atoms with van der Waals surface area (Å²) in [6, 6.07) is 4.39. The predicted molar refractivity (Wildman–Crippen MR) is 95.6 cm³/mol. The lowest BCUT2D eigenvalue weighted by atomic mass is 10.0. The van der Waals surface area contributed by atoms with Crippen LogP contribution in [0.4, 0.5) is 13.6 Å². The van der Waals surface area contributed by atoms with E-state index in [9.17, 15) is 13.6 Å². The fraction of sp³-hybridized carbons (Fsp3) is 0.444. The third-order valence-electron chi connectivity index (χ3n) is 4.67. The highest BCUT2D eigenvalue weighted by Crippen LogP contribution is 2.41. The lowest BCUT2D eigenvalue weighted by molar-refractivity contribution is -0.286. The van der Waals surface area contributed by atoms with Gasteiger partial charge in [0, 0.05) is 29.7 Å². The summed E-state index contributed by atoms with van der Waals surface area (Å²) in [5.41, 5.74) is 0.567. The van der Waals surface area contributed by atoms with Gasteiger partial charge in [0.1, 0.15) is 0 Å². The van der Waals surface area contributed by atoms with Crippen molar-refractivity contribution in [3.8, 4) is 17.2 Å². The third kappa shape index (κ3) is 3.55. The van der Waals surface area contributed by atoms with Crippen LogP contribution in [0.25, 0.3) is 5.69 Å². The first kappa shape index (κ1) is 18.0. The summed E-state index contributed by atoms with van der Waals surface area (Å²) in [5, 5.41) is 0. The number of likely N-dealkylation sites (tertiary alicyclic amines) is 1. The van der Waals surface area contributed by atoms with E-state index in [4.69, 9.17) is 0 Å². The van der Waals surface area contributed by atoms with Crippen LogP contribution in [-0.4, -0.2) is 34.4 Å². The number of aryl methyl sites for hydroxylation is 1. The lowest BCUT2D eigenvalue weighted by Gasteiger charge is -2.31. The van der Waals surface area contributed by atoms with Crippen LogP contribution in [0.3, 0.4) is 0 Å². The molecule has 9 heteroatoms. The molecule has 27 heavy (non-hydrogen) atoms. The van der Waals surface area contributed by atoms with Crippen LogP contribution in [0.15, 0.2) is 29.4 Å². The van der Waals surface area contributed by atoms with Crippen molar-refractivity contribution in [3.63, 3.8) is 0 Å². The molecule has 0 saturated carbocycles. The Hall–Kier alpha value is -2.42. The van der Waals surface area contributed by atoms with Crippen LogP contribution < -0.4 is 14.3 Å². The maximum absolute atomic E-state index is 13.3. The zero-order chi connectivity index (χ0) is 19.2. The van der Waals surface area contributed by atoms with Crippen molar-refractivity contribution in [2.24, 2.45) is 4.99 Å². The van der Waals surface area contributed by atoms with Crippen LogP contribution in [0.5, 0.6) is 11.5 Å². The minimum atomic E-state index is -3.66. The van der Waals surface area contributed by atoms with E-state index in [-0.39, 0.29) is 23.6 Å². The summed E-state index contributed by atoms with van der Waals surface area (Å²) in [7, 11) is 0. The van der Waals surface area contributed by atoms with E-state index in [0.29, 0.717) is 17.0 Å². The second-order valence-electron chi connectivity index (χ2n) is 6.73. The smallest absolute Gasteiger partial charge is 0.395 e. The molecule has 0 aliphatic carbocycles. The van der Waals surface area contributed by atoms with E-state index in [1.54, 1.807) is 15.5 Å². The minimum Gasteiger partial charge on any atom is -0.395 e. The third-order valence-corrected chi connectivity index (χ3v) is 5.57. The molecule has 0 spiro atoms. The number of halogens is 2. The predicted octanol–water partition coefficient (Wildman–Crippen LogP) is 4.06. The zero-order valence-corrected chi connectivity index (χ0v) is 15.8. The normalized spacial score (nSPS) is 21.6. The monoisotopic (exact) mass is 395 g/mol. The zero-order valence-electron chi connectivity index (χ0n) is 14.9. The molecule has 1 aromatic carbocycles. The van der Waals surface area contributed by atoms with Gasteiger partial charge in [0.15, 0.2) is 16.3 Å². The molecule has 6 nitrogen and oxygen atoms in total. The Morgan fingerprint density at radius 3 is 2.85 bits per heavy atom. The van der Waals surface area contributed by atoms with E-state index in [2.05, 4.69) is 14.5 Å². The van der Waals surface area contributed by atoms with Crippen molar-refractivity contribution in [2.75, 3.05) is 6.54 Å². The summed E-state index contributed by atoms with van der Waals surface area (Å²) in [6.07, 6.45) is 1.22. The Labute approximate surface area is 158 Å². The number of carbonyl (C=O) groups is 1. The maximum atomic E-state index is 13.3. The minimum absolute atomic E-state index is 0.0204. The molecule has 2 amide bonds. The van der Waals surface area contributed by atoms with Crippen molar-refractivity contribution in [1.82, 2.24) is 9.47 Å². The van der Waals surface area contributed by atoms with Gasteiger partial charge in [-0.15, -0.1) is 20.1 Å². The highest BCUT2D eigenvalue weighted by Gasteiger charge is 2.43. The molecule has 1 aromatic heterocycles. The Balaban J connectivity index is 1.69. The van der Waals surface area contributed by atoms with Crippen molar-refractivity contribution < 1.29 is 23.0 Å². The molecule has 4 rings (SSSR count). The number of alkyl halides is 2. The molecule has 1 fully saturated rings. The van der Waals surface area contributed by atoms with Crippen molar-refractivity contribution in [3.05, 3.63) is 34.1 Å². The standard InChI is InChI=1S/C18H19F2N3O3S/c1-11-5-3-4-8-22(11)16(24)21-17-23(10-12(2)27-17)13-6-7-14-15(9-13)26-18(19,20)25-14/h6-7,9-11H,3-5,8H2,1-2H3/b21-17-. The van der Waals surface area contributed by atoms with Gasteiger partial charge in [0.25, 0.3) is 0 Å². The van der Waals surface area contributed by atoms with Crippen LogP contribution in [0.2, 0.25) is 0 Å². The van der Waals surface area contributed by atoms with E-state index in [1.807, 2.05) is 20.0 Å². The molecule has 0 bridgehead atoms. The summed E-state index contributed by atoms with van der Waals surface area (Å²) < 4.78 is 37.2. The summed E-state index contributed by atoms with van der Waals surface area (Å²) in [4.78, 5) is 20.2. The number of piperidine rings is 1. The fourth-order valence-corrected chi connectivity index (χ4v) is 4.16. The summed E-state index contributed by atoms with van der Waals surface area (Å²) >= 11 is 1.36. The molecule has 0 radical (unpaired) electrons. The molecular weight excluding hydrogens is 376 g/mol. The number of hydrogen-bond donors (Lipinski definition) is 0. The quantitative estimate of drug-likeness (QED) is 0.732. The lowest BCUT2D eigenvalue weighted by Crippen LogP contribution is -2.41. The SMILES string of the molecule is Cc1cn(-c2ccc3c(c2)OC(F)(F)O3)/c(=N/C(=O)N2CCCCC2C)s1. The van der Waals surface area contributed by atoms with Crippen molar-refractivity contribution in [1.29, 1.82) is 0 Å². The average molecular weight is 395 g/mol. The average Bonchev–Trinajstić information content (AvgIpc) is 3.11. The van der Waals surface area contributed by atoms with Gasteiger partial charge in [0.05, 0.1) is 5.69 Å². The van der Waals surface area contributed by atoms with Gasteiger partial charge in [-0.1, -0.05) is 0 Å². The van der Waals surface area contributed by atoms with Crippen LogP contribution in [0, 0.1) is 6.92 Å². The van der Waals surface area contributed by atoms with Gasteiger partial charge < -0.3 is 14.4 Å². The molecule has 2 aromatic rings. The van der Waals surface area contributed by atoms with Gasteiger partial charge in [-0.3, -0.25) is 4.57 Å². The number of fused-ring (bicyclic) bond motifs is 1. The number of nitrogens with zero attached hydrogens (tertiary/aromatic N) is 3. The molecule has 1 unspecified atom stereocenters. The highest BCUT2D eigenvalue weighted by atomic mass is 32.1. The Morgan fingerprint density at radius 1 is 1.30 bits per heavy atom. The Kier molecular flexibility index (Phi) is 4.41. The Bertz CT molecular complexity index is 954. The van der Waals surface area contributed by atoms with Crippen molar-refractivity contribution in [2.45, 2.75) is 45.4 Å². The first-order valence-corrected chi connectivity index (χ1v) is 9.59. The molecule has 2 aliphatic rings. The molecule has 1 saturated heterocycles. The van der Waals surface area contributed by atoms with E-state index >= 15 is 0 Å². The largest absolute Gasteiger partial charge is 0.586 e. The number of benzene rings is 1. The molecule has 0 N–H and O–H groups in total. The van der Waals surface area contributed by atoms with Gasteiger partial charge in [-0.25, -0.2) is 4.79 Å². The van der Waals surface area contributed by atoms with Crippen LogP contribution >= 0.6 is 11.3 Å². The van der Waals surface area contributed by atoms with E-state index < -0.39 is 6.29 Å². The van der Waals surface area contributed by atoms with E-state index in [0.717, 1.165) is 24.1 Å². The summed E-state index contributed by atoms with van der Waals surface area (Å²) in [6.45, 7) is 4.63. The molecule has 2 aliphatic heterocycles. The fourth-order valence-electron chi connectivity index (χ4n) is 3.33. The number of ether oxygens (including phenoxy) is 2. The van der Waals surface area contributed by atoms with Gasteiger partial charge in [-0.05, 0) is 45.2 Å². The van der Waals surface area contributed by atoms with Gasteiger partial charge >= 0.3 is 12.3 Å². The number of aromatic nitrogens is 1. The van der Waals surface area contributed by atoms with Crippen LogP contribution in [0.1, 0.15) is 31.1 Å². The number of amides is 2. The number of hydrogen-bond acceptors (Lipinski definition) is 4. The first-order chi connectivity index (χ1) is 12.8. The molecular formula is C18H19F2N3O3S. The maximum Gasteiger partial charge on any atom is 0.586 e. The topological polar surface area (TPSA) is 56.1 Å².